The van der Waals surface area contributed by atoms with Gasteiger partial charge in [0, 0.05) is 50.7 Å². The third-order valence-electron chi connectivity index (χ3n) is 3.80. The summed E-state index contributed by atoms with van der Waals surface area (Å²) in [5.74, 6) is 0.873. The van der Waals surface area contributed by atoms with Crippen molar-refractivity contribution in [1.29, 1.82) is 0 Å². The molecule has 1 atom stereocenters. The summed E-state index contributed by atoms with van der Waals surface area (Å²) in [4.78, 5) is 13.7. The van der Waals surface area contributed by atoms with Gasteiger partial charge < -0.3 is 9.64 Å². The van der Waals surface area contributed by atoms with Gasteiger partial charge in [-0.05, 0) is 19.4 Å². The van der Waals surface area contributed by atoms with Crippen LogP contribution in [0.2, 0.25) is 0 Å². The molecular weight excluding hydrogens is 228 g/mol. The van der Waals surface area contributed by atoms with Crippen molar-refractivity contribution in [3.8, 4) is 0 Å². The Bertz CT molecular complexity index is 398. The highest BCUT2D eigenvalue weighted by molar-refractivity contribution is 5.30. The monoisotopic (exact) mass is 248 g/mol. The number of hydrogen-bond donors (Lipinski definition) is 0. The van der Waals surface area contributed by atoms with Crippen molar-refractivity contribution in [2.75, 3.05) is 44.3 Å². The Hall–Kier alpha value is -1.20. The maximum absolute atomic E-state index is 5.46. The first-order valence-corrected chi connectivity index (χ1v) is 6.69. The van der Waals surface area contributed by atoms with Crippen LogP contribution >= 0.6 is 0 Å². The van der Waals surface area contributed by atoms with Crippen molar-refractivity contribution >= 4 is 5.95 Å². The Labute approximate surface area is 108 Å². The Kier molecular flexibility index (Phi) is 3.43. The van der Waals surface area contributed by atoms with Gasteiger partial charge in [-0.25, -0.2) is 9.97 Å². The number of piperazine rings is 1. The van der Waals surface area contributed by atoms with Crippen molar-refractivity contribution in [2.45, 2.75) is 19.4 Å². The van der Waals surface area contributed by atoms with E-state index >= 15 is 0 Å². The lowest BCUT2D eigenvalue weighted by Gasteiger charge is -2.37. The predicted octanol–water partition coefficient (Wildman–Crippen LogP) is 0.696. The van der Waals surface area contributed by atoms with E-state index in [9.17, 15) is 0 Å². The van der Waals surface area contributed by atoms with Gasteiger partial charge in [0.1, 0.15) is 0 Å². The molecule has 5 heteroatoms. The molecule has 0 N–H and O–H groups in total. The summed E-state index contributed by atoms with van der Waals surface area (Å²) in [6.45, 7) is 8.04. The number of ether oxygens (including phenoxy) is 1. The SMILES string of the molecule is Cc1ccnc(N2CCN([C@H]3CCOC3)CC2)n1. The first kappa shape index (κ1) is 11.9. The maximum Gasteiger partial charge on any atom is 0.225 e. The van der Waals surface area contributed by atoms with Gasteiger partial charge in [0.25, 0.3) is 0 Å². The van der Waals surface area contributed by atoms with E-state index < -0.39 is 0 Å². The highest BCUT2D eigenvalue weighted by atomic mass is 16.5. The van der Waals surface area contributed by atoms with E-state index in [1.807, 2.05) is 19.2 Å². The number of rotatable bonds is 2. The molecule has 1 aromatic heterocycles. The normalized spacial score (nSPS) is 25.6. The molecule has 2 fully saturated rings. The lowest BCUT2D eigenvalue weighted by atomic mass is 10.2. The summed E-state index contributed by atoms with van der Waals surface area (Å²) in [7, 11) is 0. The Balaban J connectivity index is 1.59. The highest BCUT2D eigenvalue weighted by Gasteiger charge is 2.27. The second-order valence-electron chi connectivity index (χ2n) is 5.04. The molecule has 0 unspecified atom stereocenters. The fourth-order valence-corrected chi connectivity index (χ4v) is 2.69. The maximum atomic E-state index is 5.46. The second kappa shape index (κ2) is 5.20. The molecule has 2 aliphatic heterocycles. The minimum absolute atomic E-state index is 0.630. The van der Waals surface area contributed by atoms with Gasteiger partial charge in [-0.15, -0.1) is 0 Å². The van der Waals surface area contributed by atoms with Crippen LogP contribution in [0.15, 0.2) is 12.3 Å². The molecule has 5 nitrogen and oxygen atoms in total. The van der Waals surface area contributed by atoms with E-state index in [1.54, 1.807) is 0 Å². The summed E-state index contributed by atoms with van der Waals surface area (Å²) < 4.78 is 5.46. The van der Waals surface area contributed by atoms with Crippen molar-refractivity contribution in [3.05, 3.63) is 18.0 Å². The smallest absolute Gasteiger partial charge is 0.225 e. The average Bonchev–Trinajstić information content (AvgIpc) is 2.93. The average molecular weight is 248 g/mol. The third kappa shape index (κ3) is 2.47. The van der Waals surface area contributed by atoms with Gasteiger partial charge >= 0.3 is 0 Å². The van der Waals surface area contributed by atoms with Crippen LogP contribution in [-0.2, 0) is 4.74 Å². The third-order valence-corrected chi connectivity index (χ3v) is 3.80. The zero-order chi connectivity index (χ0) is 12.4. The van der Waals surface area contributed by atoms with Gasteiger partial charge in [0.2, 0.25) is 5.95 Å². The zero-order valence-electron chi connectivity index (χ0n) is 10.9. The molecule has 18 heavy (non-hydrogen) atoms. The number of hydrogen-bond acceptors (Lipinski definition) is 5. The molecule has 3 rings (SSSR count). The van der Waals surface area contributed by atoms with Gasteiger partial charge in [0.05, 0.1) is 6.61 Å². The molecule has 2 aliphatic rings. The summed E-state index contributed by atoms with van der Waals surface area (Å²) in [5.41, 5.74) is 1.03. The van der Waals surface area contributed by atoms with Crippen LogP contribution in [0.25, 0.3) is 0 Å². The predicted molar refractivity (Wildman–Crippen MR) is 69.8 cm³/mol. The number of anilines is 1. The van der Waals surface area contributed by atoms with Crippen molar-refractivity contribution < 1.29 is 4.74 Å². The van der Waals surface area contributed by atoms with Crippen molar-refractivity contribution in [1.82, 2.24) is 14.9 Å². The van der Waals surface area contributed by atoms with Crippen LogP contribution < -0.4 is 4.90 Å². The molecular formula is C13H20N4O. The molecule has 0 amide bonds. The molecule has 98 valence electrons. The van der Waals surface area contributed by atoms with Gasteiger partial charge in [0.15, 0.2) is 0 Å². The second-order valence-corrected chi connectivity index (χ2v) is 5.04. The molecule has 1 aromatic rings. The minimum atomic E-state index is 0.630. The first-order chi connectivity index (χ1) is 8.83. The molecule has 0 bridgehead atoms. The first-order valence-electron chi connectivity index (χ1n) is 6.69. The van der Waals surface area contributed by atoms with Gasteiger partial charge in [-0.3, -0.25) is 4.90 Å². The van der Waals surface area contributed by atoms with Crippen LogP contribution in [0.1, 0.15) is 12.1 Å². The van der Waals surface area contributed by atoms with Crippen molar-refractivity contribution in [2.24, 2.45) is 0 Å². The van der Waals surface area contributed by atoms with Crippen LogP contribution in [0.5, 0.6) is 0 Å². The summed E-state index contributed by atoms with van der Waals surface area (Å²) in [6, 6.07) is 2.57. The topological polar surface area (TPSA) is 41.5 Å². The number of aromatic nitrogens is 2. The van der Waals surface area contributed by atoms with Crippen LogP contribution in [0.3, 0.4) is 0 Å². The lowest BCUT2D eigenvalue weighted by Crippen LogP contribution is -2.51. The molecule has 2 saturated heterocycles. The van der Waals surface area contributed by atoms with Gasteiger partial charge in [-0.1, -0.05) is 0 Å². The van der Waals surface area contributed by atoms with Crippen LogP contribution in [0.4, 0.5) is 5.95 Å². The largest absolute Gasteiger partial charge is 0.380 e. The van der Waals surface area contributed by atoms with Crippen molar-refractivity contribution in [3.63, 3.8) is 0 Å². The Morgan fingerprint density at radius 3 is 2.78 bits per heavy atom. The van der Waals surface area contributed by atoms with Gasteiger partial charge in [-0.2, -0.15) is 0 Å². The van der Waals surface area contributed by atoms with Crippen LogP contribution in [0, 0.1) is 6.92 Å². The molecule has 0 saturated carbocycles. The fraction of sp³-hybridized carbons (Fsp3) is 0.692. The zero-order valence-corrected chi connectivity index (χ0v) is 10.9. The van der Waals surface area contributed by atoms with Crippen LogP contribution in [-0.4, -0.2) is 60.3 Å². The van der Waals surface area contributed by atoms with E-state index in [2.05, 4.69) is 19.8 Å². The highest BCUT2D eigenvalue weighted by Crippen LogP contribution is 2.17. The molecule has 0 aromatic carbocycles. The Morgan fingerprint density at radius 2 is 2.11 bits per heavy atom. The summed E-state index contributed by atoms with van der Waals surface area (Å²) in [6.07, 6.45) is 3.02. The summed E-state index contributed by atoms with van der Waals surface area (Å²) >= 11 is 0. The summed E-state index contributed by atoms with van der Waals surface area (Å²) in [5, 5.41) is 0. The van der Waals surface area contributed by atoms with E-state index in [-0.39, 0.29) is 0 Å². The van der Waals surface area contributed by atoms with E-state index in [1.165, 1.54) is 6.42 Å². The molecule has 3 heterocycles. The number of aryl methyl sites for hydroxylation is 1. The Morgan fingerprint density at radius 1 is 1.28 bits per heavy atom. The quantitative estimate of drug-likeness (QED) is 0.770. The lowest BCUT2D eigenvalue weighted by molar-refractivity contribution is 0.138. The molecule has 0 radical (unpaired) electrons. The van der Waals surface area contributed by atoms with E-state index in [0.29, 0.717) is 6.04 Å². The fourth-order valence-electron chi connectivity index (χ4n) is 2.69. The molecule has 0 spiro atoms. The minimum Gasteiger partial charge on any atom is -0.380 e. The standard InChI is InChI=1S/C13H20N4O/c1-11-2-4-14-13(15-11)17-7-5-16(6-8-17)12-3-9-18-10-12/h2,4,12H,3,5-10H2,1H3/t12-/m0/s1. The van der Waals surface area contributed by atoms with E-state index in [4.69, 9.17) is 4.74 Å². The number of nitrogens with zero attached hydrogens (tertiary/aromatic N) is 4. The molecule has 0 aliphatic carbocycles. The van der Waals surface area contributed by atoms with E-state index in [0.717, 1.165) is 51.0 Å².